The Bertz CT molecular complexity index is 1050. The summed E-state index contributed by atoms with van der Waals surface area (Å²) < 4.78 is 1.69. The number of aromatic nitrogens is 4. The number of hydrogen-bond acceptors (Lipinski definition) is 6. The number of nitrogens with one attached hydrogen (secondary N) is 1. The molecular weight excluding hydrogens is 368 g/mol. The number of nitrogen functional groups attached to an aromatic ring is 1. The predicted octanol–water partition coefficient (Wildman–Crippen LogP) is 3.41. The molecule has 1 unspecified atom stereocenters. The smallest absolute Gasteiger partial charge is 0.330 e. The lowest BCUT2D eigenvalue weighted by molar-refractivity contribution is 0.178. The van der Waals surface area contributed by atoms with E-state index in [1.165, 1.54) is 0 Å². The van der Waals surface area contributed by atoms with Crippen molar-refractivity contribution < 1.29 is 4.79 Å². The molecule has 2 amide bonds. The second-order valence-corrected chi connectivity index (χ2v) is 7.14. The number of rotatable bonds is 5. The van der Waals surface area contributed by atoms with Crippen molar-refractivity contribution in [1.29, 1.82) is 0 Å². The lowest BCUT2D eigenvalue weighted by Gasteiger charge is -2.39. The summed E-state index contributed by atoms with van der Waals surface area (Å²) in [5.74, 6) is 1.56. The van der Waals surface area contributed by atoms with E-state index in [2.05, 4.69) is 27.3 Å². The minimum Gasteiger partial charge on any atom is -0.399 e. The highest BCUT2D eigenvalue weighted by molar-refractivity contribution is 6.01. The zero-order valence-corrected chi connectivity index (χ0v) is 16.7. The van der Waals surface area contributed by atoms with Crippen LogP contribution in [-0.2, 0) is 13.6 Å². The van der Waals surface area contributed by atoms with Gasteiger partial charge in [-0.15, -0.1) is 0 Å². The number of anilines is 5. The van der Waals surface area contributed by atoms with Gasteiger partial charge in [0.2, 0.25) is 5.95 Å². The summed E-state index contributed by atoms with van der Waals surface area (Å²) in [4.78, 5) is 25.9. The first-order valence-electron chi connectivity index (χ1n) is 9.55. The largest absolute Gasteiger partial charge is 0.399 e. The Morgan fingerprint density at radius 2 is 2.14 bits per heavy atom. The van der Waals surface area contributed by atoms with Crippen LogP contribution in [0.3, 0.4) is 0 Å². The first-order chi connectivity index (χ1) is 14.0. The minimum atomic E-state index is -0.125. The Morgan fingerprint density at radius 1 is 1.31 bits per heavy atom. The van der Waals surface area contributed by atoms with Crippen LogP contribution in [0.2, 0.25) is 0 Å². The third-order valence-electron chi connectivity index (χ3n) is 5.04. The number of nitrogens with two attached hydrogens (primary N) is 1. The van der Waals surface area contributed by atoms with Crippen molar-refractivity contribution >= 4 is 35.0 Å². The third kappa shape index (κ3) is 3.58. The third-order valence-corrected chi connectivity index (χ3v) is 5.04. The van der Waals surface area contributed by atoms with E-state index in [1.807, 2.05) is 43.3 Å². The van der Waals surface area contributed by atoms with Crippen molar-refractivity contribution in [2.24, 2.45) is 7.05 Å². The number of nitrogens with zero attached hydrogens (tertiary/aromatic N) is 6. The Kier molecular flexibility index (Phi) is 4.79. The molecule has 3 heterocycles. The molecule has 0 saturated heterocycles. The molecule has 150 valence electrons. The van der Waals surface area contributed by atoms with Crippen LogP contribution in [0.1, 0.15) is 25.8 Å². The number of carbonyl (C=O) groups is 1. The molecule has 1 aliphatic rings. The van der Waals surface area contributed by atoms with Gasteiger partial charge in [0.05, 0.1) is 12.2 Å². The van der Waals surface area contributed by atoms with Crippen LogP contribution in [0.25, 0.3) is 0 Å². The highest BCUT2D eigenvalue weighted by atomic mass is 16.2. The molecule has 9 nitrogen and oxygen atoms in total. The second kappa shape index (κ2) is 7.42. The van der Waals surface area contributed by atoms with E-state index in [1.54, 1.807) is 27.9 Å². The Balaban J connectivity index is 1.78. The van der Waals surface area contributed by atoms with E-state index >= 15 is 0 Å². The number of urea groups is 1. The monoisotopic (exact) mass is 392 g/mol. The van der Waals surface area contributed by atoms with Crippen molar-refractivity contribution in [3.8, 4) is 0 Å². The van der Waals surface area contributed by atoms with Gasteiger partial charge in [-0.2, -0.15) is 10.1 Å². The molecule has 2 aromatic heterocycles. The number of carbonyl (C=O) groups excluding carboxylic acids is 1. The van der Waals surface area contributed by atoms with Gasteiger partial charge in [-0.05, 0) is 31.5 Å². The second-order valence-electron chi connectivity index (χ2n) is 7.14. The van der Waals surface area contributed by atoms with Gasteiger partial charge in [0.25, 0.3) is 0 Å². The van der Waals surface area contributed by atoms with Crippen molar-refractivity contribution in [2.45, 2.75) is 32.9 Å². The standard InChI is InChI=1S/C20H24N8O/c1-4-13(2)27-12-14-11-22-19(23-17-8-9-26(3)25-17)24-18(14)28(20(27)29)16-7-5-6-15(21)10-16/h5-11,13H,4,12,21H2,1-3H3,(H,22,23,24,25). The molecule has 9 heteroatoms. The number of aryl methyl sites for hydroxylation is 1. The van der Waals surface area contributed by atoms with E-state index in [-0.39, 0.29) is 12.1 Å². The summed E-state index contributed by atoms with van der Waals surface area (Å²) >= 11 is 0. The van der Waals surface area contributed by atoms with Crippen LogP contribution in [0.15, 0.2) is 42.7 Å². The van der Waals surface area contributed by atoms with Gasteiger partial charge in [-0.3, -0.25) is 4.68 Å². The summed E-state index contributed by atoms with van der Waals surface area (Å²) in [6.45, 7) is 4.57. The number of amides is 2. The van der Waals surface area contributed by atoms with Gasteiger partial charge in [0.15, 0.2) is 11.6 Å². The summed E-state index contributed by atoms with van der Waals surface area (Å²) in [7, 11) is 1.84. The fourth-order valence-corrected chi connectivity index (χ4v) is 3.29. The summed E-state index contributed by atoms with van der Waals surface area (Å²) in [5.41, 5.74) is 8.11. The van der Waals surface area contributed by atoms with Crippen LogP contribution < -0.4 is 16.0 Å². The molecule has 0 bridgehead atoms. The first kappa shape index (κ1) is 18.7. The SMILES string of the molecule is CCC(C)N1Cc2cnc(Nc3ccn(C)n3)nc2N(c2cccc(N)c2)C1=O. The van der Waals surface area contributed by atoms with Crippen molar-refractivity contribution in [1.82, 2.24) is 24.6 Å². The molecule has 0 fully saturated rings. The van der Waals surface area contributed by atoms with E-state index in [0.29, 0.717) is 35.5 Å². The van der Waals surface area contributed by atoms with Gasteiger partial charge in [0.1, 0.15) is 0 Å². The Hall–Kier alpha value is -3.62. The fraction of sp³-hybridized carbons (Fsp3) is 0.300. The normalized spacial score (nSPS) is 14.7. The molecule has 29 heavy (non-hydrogen) atoms. The van der Waals surface area contributed by atoms with Crippen molar-refractivity contribution in [3.63, 3.8) is 0 Å². The van der Waals surface area contributed by atoms with Crippen LogP contribution in [0, 0.1) is 0 Å². The molecule has 0 radical (unpaired) electrons. The number of fused-ring (bicyclic) bond motifs is 1. The van der Waals surface area contributed by atoms with Crippen LogP contribution in [-0.4, -0.2) is 36.7 Å². The Labute approximate surface area is 169 Å². The summed E-state index contributed by atoms with van der Waals surface area (Å²) in [6, 6.07) is 9.04. The van der Waals surface area contributed by atoms with Crippen molar-refractivity contribution in [2.75, 3.05) is 16.0 Å². The van der Waals surface area contributed by atoms with Crippen molar-refractivity contribution in [3.05, 3.63) is 48.3 Å². The van der Waals surface area contributed by atoms with E-state index < -0.39 is 0 Å². The summed E-state index contributed by atoms with van der Waals surface area (Å²) in [6.07, 6.45) is 4.44. The van der Waals surface area contributed by atoms with Crippen LogP contribution in [0.4, 0.5) is 33.8 Å². The van der Waals surface area contributed by atoms with E-state index in [4.69, 9.17) is 5.73 Å². The molecule has 0 spiro atoms. The molecule has 4 rings (SSSR count). The van der Waals surface area contributed by atoms with Gasteiger partial charge in [-0.25, -0.2) is 14.7 Å². The zero-order chi connectivity index (χ0) is 20.5. The average Bonchev–Trinajstić information content (AvgIpc) is 3.11. The maximum absolute atomic E-state index is 13.4. The molecule has 0 aliphatic carbocycles. The van der Waals surface area contributed by atoms with Gasteiger partial charge in [0, 0.05) is 42.8 Å². The number of benzene rings is 1. The maximum Gasteiger partial charge on any atom is 0.330 e. The van der Waals surface area contributed by atoms with Crippen LogP contribution in [0.5, 0.6) is 0 Å². The van der Waals surface area contributed by atoms with Gasteiger partial charge >= 0.3 is 6.03 Å². The lowest BCUT2D eigenvalue weighted by Crippen LogP contribution is -2.49. The van der Waals surface area contributed by atoms with E-state index in [0.717, 1.165) is 12.0 Å². The van der Waals surface area contributed by atoms with Crippen LogP contribution >= 0.6 is 0 Å². The number of hydrogen-bond donors (Lipinski definition) is 2. The molecule has 1 aliphatic heterocycles. The minimum absolute atomic E-state index is 0.0885. The fourth-order valence-electron chi connectivity index (χ4n) is 3.29. The maximum atomic E-state index is 13.4. The molecule has 0 saturated carbocycles. The molecular formula is C20H24N8O. The first-order valence-corrected chi connectivity index (χ1v) is 9.55. The topological polar surface area (TPSA) is 105 Å². The average molecular weight is 392 g/mol. The highest BCUT2D eigenvalue weighted by Crippen LogP contribution is 2.35. The highest BCUT2D eigenvalue weighted by Gasteiger charge is 2.35. The molecule has 1 atom stereocenters. The predicted molar refractivity (Wildman–Crippen MR) is 112 cm³/mol. The molecule has 1 aromatic carbocycles. The summed E-state index contributed by atoms with van der Waals surface area (Å²) in [5, 5.41) is 7.38. The molecule has 3 aromatic rings. The van der Waals surface area contributed by atoms with Gasteiger partial charge in [-0.1, -0.05) is 13.0 Å². The molecule has 3 N–H and O–H groups in total. The Morgan fingerprint density at radius 3 is 2.83 bits per heavy atom. The van der Waals surface area contributed by atoms with Gasteiger partial charge < -0.3 is 16.0 Å². The quantitative estimate of drug-likeness (QED) is 0.645. The van der Waals surface area contributed by atoms with E-state index in [9.17, 15) is 4.79 Å². The lowest BCUT2D eigenvalue weighted by atomic mass is 10.1. The zero-order valence-electron chi connectivity index (χ0n) is 16.7.